The molecule has 3 aromatic rings. The summed E-state index contributed by atoms with van der Waals surface area (Å²) in [6, 6.07) is 9.52. The number of ether oxygens (including phenoxy) is 1. The number of esters is 1. The van der Waals surface area contributed by atoms with Gasteiger partial charge in [0.05, 0.1) is 29.6 Å². The van der Waals surface area contributed by atoms with Gasteiger partial charge >= 0.3 is 5.97 Å². The van der Waals surface area contributed by atoms with Crippen molar-refractivity contribution < 1.29 is 13.9 Å². The zero-order chi connectivity index (χ0) is 16.6. The van der Waals surface area contributed by atoms with Gasteiger partial charge < -0.3 is 4.74 Å². The summed E-state index contributed by atoms with van der Waals surface area (Å²) in [5, 5.41) is 1.69. The number of fused-ring (bicyclic) bond motifs is 1. The molecule has 0 bridgehead atoms. The van der Waals surface area contributed by atoms with Crippen molar-refractivity contribution >= 4 is 39.9 Å². The molecule has 6 heteroatoms. The number of halogens is 3. The van der Waals surface area contributed by atoms with Crippen molar-refractivity contribution in [3.8, 4) is 11.3 Å². The number of hydrogen-bond acceptors (Lipinski definition) is 3. The van der Waals surface area contributed by atoms with Crippen molar-refractivity contribution in [1.82, 2.24) is 4.98 Å². The summed E-state index contributed by atoms with van der Waals surface area (Å²) in [7, 11) is 1.29. The fourth-order valence-corrected chi connectivity index (χ4v) is 2.85. The minimum Gasteiger partial charge on any atom is -0.465 e. The Bertz CT molecular complexity index is 928. The van der Waals surface area contributed by atoms with Gasteiger partial charge in [-0.1, -0.05) is 29.3 Å². The fraction of sp³-hybridized carbons (Fsp3) is 0.0588. The molecule has 0 unspecified atom stereocenters. The third kappa shape index (κ3) is 2.87. The van der Waals surface area contributed by atoms with Crippen LogP contribution in [0.25, 0.3) is 22.0 Å². The van der Waals surface area contributed by atoms with E-state index in [9.17, 15) is 9.18 Å². The van der Waals surface area contributed by atoms with Gasteiger partial charge in [0.2, 0.25) is 0 Å². The van der Waals surface area contributed by atoms with Gasteiger partial charge in [-0.3, -0.25) is 4.98 Å². The van der Waals surface area contributed by atoms with Gasteiger partial charge in [-0.05, 0) is 30.3 Å². The lowest BCUT2D eigenvalue weighted by atomic mass is 10.0. The molecular weight excluding hydrogens is 340 g/mol. The predicted molar refractivity (Wildman–Crippen MR) is 88.5 cm³/mol. The fourth-order valence-electron chi connectivity index (χ4n) is 2.35. The van der Waals surface area contributed by atoms with Gasteiger partial charge in [0.1, 0.15) is 5.82 Å². The summed E-state index contributed by atoms with van der Waals surface area (Å²) in [5.74, 6) is -0.991. The van der Waals surface area contributed by atoms with E-state index in [1.54, 1.807) is 18.2 Å². The topological polar surface area (TPSA) is 39.2 Å². The van der Waals surface area contributed by atoms with E-state index in [2.05, 4.69) is 4.98 Å². The molecule has 116 valence electrons. The lowest BCUT2D eigenvalue weighted by molar-refractivity contribution is 0.0601. The maximum Gasteiger partial charge on any atom is 0.337 e. The highest BCUT2D eigenvalue weighted by molar-refractivity contribution is 6.36. The van der Waals surface area contributed by atoms with Gasteiger partial charge in [0.25, 0.3) is 0 Å². The third-order valence-corrected chi connectivity index (χ3v) is 3.99. The molecule has 3 nitrogen and oxygen atoms in total. The standard InChI is InChI=1S/C17H10Cl2FNO2/c1-23-17(22)9-2-4-11-13(6-9)16(21-8-15(11)20)12-5-3-10(18)7-14(12)19/h2-8H,1H3. The van der Waals surface area contributed by atoms with E-state index in [1.807, 2.05) is 0 Å². The third-order valence-electron chi connectivity index (χ3n) is 3.45. The van der Waals surface area contributed by atoms with Crippen LogP contribution in [0.4, 0.5) is 4.39 Å². The van der Waals surface area contributed by atoms with Crippen molar-refractivity contribution in [2.24, 2.45) is 0 Å². The monoisotopic (exact) mass is 349 g/mol. The van der Waals surface area contributed by atoms with E-state index in [1.165, 1.54) is 25.3 Å². The average Bonchev–Trinajstić information content (AvgIpc) is 2.55. The highest BCUT2D eigenvalue weighted by Gasteiger charge is 2.15. The molecule has 0 aliphatic carbocycles. The number of rotatable bonds is 2. The summed E-state index contributed by atoms with van der Waals surface area (Å²) in [5.41, 5.74) is 1.37. The number of hydrogen-bond donors (Lipinski definition) is 0. The molecule has 0 N–H and O–H groups in total. The largest absolute Gasteiger partial charge is 0.465 e. The number of aromatic nitrogens is 1. The molecule has 0 saturated carbocycles. The maximum atomic E-state index is 14.0. The second-order valence-electron chi connectivity index (χ2n) is 4.83. The summed E-state index contributed by atoms with van der Waals surface area (Å²) in [6.45, 7) is 0. The van der Waals surface area contributed by atoms with Crippen LogP contribution in [0.3, 0.4) is 0 Å². The number of carbonyl (C=O) groups excluding carboxylic acids is 1. The maximum absolute atomic E-state index is 14.0. The Balaban J connectivity index is 2.31. The lowest BCUT2D eigenvalue weighted by Gasteiger charge is -2.10. The Morgan fingerprint density at radius 3 is 2.61 bits per heavy atom. The molecule has 0 saturated heterocycles. The van der Waals surface area contributed by atoms with Gasteiger partial charge in [0.15, 0.2) is 0 Å². The van der Waals surface area contributed by atoms with E-state index in [4.69, 9.17) is 27.9 Å². The van der Waals surface area contributed by atoms with Crippen LogP contribution >= 0.6 is 23.2 Å². The molecule has 0 spiro atoms. The lowest BCUT2D eigenvalue weighted by Crippen LogP contribution is -2.01. The molecule has 0 aliphatic heterocycles. The summed E-state index contributed by atoms with van der Waals surface area (Å²) >= 11 is 12.1. The van der Waals surface area contributed by atoms with Gasteiger partial charge in [-0.15, -0.1) is 0 Å². The van der Waals surface area contributed by atoms with Crippen LogP contribution in [0.2, 0.25) is 10.0 Å². The minimum absolute atomic E-state index is 0.304. The molecule has 0 radical (unpaired) electrons. The number of nitrogens with zero attached hydrogens (tertiary/aromatic N) is 1. The summed E-state index contributed by atoms with van der Waals surface area (Å²) < 4.78 is 18.7. The van der Waals surface area contributed by atoms with Crippen LogP contribution in [-0.2, 0) is 4.74 Å². The van der Waals surface area contributed by atoms with Gasteiger partial charge in [0, 0.05) is 21.4 Å². The van der Waals surface area contributed by atoms with Crippen molar-refractivity contribution in [3.05, 3.63) is 64.0 Å². The summed E-state index contributed by atoms with van der Waals surface area (Å²) in [4.78, 5) is 15.9. The Morgan fingerprint density at radius 1 is 1.13 bits per heavy atom. The van der Waals surface area contributed by atoms with Crippen molar-refractivity contribution in [1.29, 1.82) is 0 Å². The van der Waals surface area contributed by atoms with E-state index in [-0.39, 0.29) is 0 Å². The van der Waals surface area contributed by atoms with Crippen LogP contribution < -0.4 is 0 Å². The van der Waals surface area contributed by atoms with Gasteiger partial charge in [-0.25, -0.2) is 9.18 Å². The second kappa shape index (κ2) is 6.14. The van der Waals surface area contributed by atoms with Gasteiger partial charge in [-0.2, -0.15) is 0 Å². The van der Waals surface area contributed by atoms with E-state index < -0.39 is 11.8 Å². The van der Waals surface area contributed by atoms with Crippen LogP contribution in [-0.4, -0.2) is 18.1 Å². The quantitative estimate of drug-likeness (QED) is 0.601. The molecule has 0 amide bonds. The molecule has 0 fully saturated rings. The van der Waals surface area contributed by atoms with Crippen LogP contribution in [0.15, 0.2) is 42.6 Å². The Labute approximate surface area is 141 Å². The summed E-state index contributed by atoms with van der Waals surface area (Å²) in [6.07, 6.45) is 1.13. The number of pyridine rings is 1. The first-order valence-electron chi connectivity index (χ1n) is 6.63. The van der Waals surface area contributed by atoms with E-state index in [0.717, 1.165) is 6.20 Å². The number of carbonyl (C=O) groups is 1. The first kappa shape index (κ1) is 15.7. The van der Waals surface area contributed by atoms with Crippen molar-refractivity contribution in [2.45, 2.75) is 0 Å². The molecule has 1 heterocycles. The van der Waals surface area contributed by atoms with Crippen LogP contribution in [0.5, 0.6) is 0 Å². The Hall–Kier alpha value is -2.17. The molecule has 0 aliphatic rings. The first-order valence-corrected chi connectivity index (χ1v) is 7.39. The second-order valence-corrected chi connectivity index (χ2v) is 5.67. The highest BCUT2D eigenvalue weighted by Crippen LogP contribution is 2.34. The molecule has 0 atom stereocenters. The van der Waals surface area contributed by atoms with E-state index in [0.29, 0.717) is 37.6 Å². The highest BCUT2D eigenvalue weighted by atomic mass is 35.5. The average molecular weight is 350 g/mol. The predicted octanol–water partition coefficient (Wildman–Crippen LogP) is 5.13. The normalized spacial score (nSPS) is 10.8. The minimum atomic E-state index is -0.510. The number of methoxy groups -OCH3 is 1. The van der Waals surface area contributed by atoms with Crippen LogP contribution in [0.1, 0.15) is 10.4 Å². The Kier molecular flexibility index (Phi) is 4.20. The van der Waals surface area contributed by atoms with Crippen LogP contribution in [0, 0.1) is 5.82 Å². The number of benzene rings is 2. The smallest absolute Gasteiger partial charge is 0.337 e. The molecule has 2 aromatic carbocycles. The molecule has 1 aromatic heterocycles. The van der Waals surface area contributed by atoms with Crippen molar-refractivity contribution in [2.75, 3.05) is 7.11 Å². The van der Waals surface area contributed by atoms with E-state index >= 15 is 0 Å². The zero-order valence-electron chi connectivity index (χ0n) is 11.9. The Morgan fingerprint density at radius 2 is 1.91 bits per heavy atom. The zero-order valence-corrected chi connectivity index (χ0v) is 13.5. The molecular formula is C17H10Cl2FNO2. The first-order chi connectivity index (χ1) is 11.0. The molecule has 3 rings (SSSR count). The SMILES string of the molecule is COC(=O)c1ccc2c(F)cnc(-c3ccc(Cl)cc3Cl)c2c1. The van der Waals surface area contributed by atoms with Crippen molar-refractivity contribution in [3.63, 3.8) is 0 Å². The molecule has 23 heavy (non-hydrogen) atoms.